The maximum Gasteiger partial charge on any atom is 0.302 e. The van der Waals surface area contributed by atoms with Crippen molar-refractivity contribution in [1.82, 2.24) is 0 Å². The van der Waals surface area contributed by atoms with Crippen LogP contribution in [0.3, 0.4) is 0 Å². The van der Waals surface area contributed by atoms with Gasteiger partial charge in [0.15, 0.2) is 0 Å². The molecule has 1 N–H and O–H groups in total. The van der Waals surface area contributed by atoms with Crippen molar-refractivity contribution in [3.8, 4) is 0 Å². The minimum atomic E-state index is -0.323. The predicted molar refractivity (Wildman–Crippen MR) is 101 cm³/mol. The van der Waals surface area contributed by atoms with Crippen LogP contribution < -0.4 is 0 Å². The number of alkyl halides is 1. The molecule has 4 rings (SSSR count). The molecule has 3 nitrogen and oxygen atoms in total. The first-order valence-electron chi connectivity index (χ1n) is 9.64. The van der Waals surface area contributed by atoms with E-state index in [0.29, 0.717) is 17.8 Å². The van der Waals surface area contributed by atoms with Gasteiger partial charge in [0.2, 0.25) is 0 Å². The highest BCUT2D eigenvalue weighted by Crippen LogP contribution is 2.65. The number of carbonyl (C=O) groups excluding carboxylic acids is 1. The van der Waals surface area contributed by atoms with Gasteiger partial charge in [-0.3, -0.25) is 4.79 Å². The average molecular weight is 409 g/mol. The number of aliphatic hydroxyl groups excluding tert-OH is 1. The Morgan fingerprint density at radius 2 is 2.12 bits per heavy atom. The van der Waals surface area contributed by atoms with E-state index in [4.69, 9.17) is 4.74 Å². The lowest BCUT2D eigenvalue weighted by Gasteiger charge is -2.56. The second-order valence-electron chi connectivity index (χ2n) is 9.08. The Morgan fingerprint density at radius 3 is 2.84 bits per heavy atom. The van der Waals surface area contributed by atoms with E-state index < -0.39 is 0 Å². The van der Waals surface area contributed by atoms with E-state index in [9.17, 15) is 9.90 Å². The van der Waals surface area contributed by atoms with Gasteiger partial charge < -0.3 is 9.84 Å². The summed E-state index contributed by atoms with van der Waals surface area (Å²) in [5.41, 5.74) is 1.59. The summed E-state index contributed by atoms with van der Waals surface area (Å²) in [7, 11) is 0. The normalized spacial score (nSPS) is 51.2. The van der Waals surface area contributed by atoms with Crippen molar-refractivity contribution in [2.45, 2.75) is 69.9 Å². The fourth-order valence-electron chi connectivity index (χ4n) is 6.55. The van der Waals surface area contributed by atoms with Gasteiger partial charge in [-0.2, -0.15) is 0 Å². The summed E-state index contributed by atoms with van der Waals surface area (Å²) < 4.78 is 5.77. The number of fused-ring (bicyclic) bond motifs is 5. The smallest absolute Gasteiger partial charge is 0.302 e. The molecule has 0 aliphatic heterocycles. The van der Waals surface area contributed by atoms with Crippen LogP contribution in [0.5, 0.6) is 0 Å². The number of hydrogen-bond acceptors (Lipinski definition) is 3. The number of rotatable bonds is 1. The number of allylic oxidation sites excluding steroid dienone is 2. The van der Waals surface area contributed by atoms with Gasteiger partial charge in [-0.1, -0.05) is 53.6 Å². The second kappa shape index (κ2) is 5.95. The molecule has 4 heteroatoms. The van der Waals surface area contributed by atoms with Crippen LogP contribution in [-0.2, 0) is 9.53 Å². The number of aliphatic hydroxyl groups is 1. The molecule has 138 valence electrons. The standard InChI is InChI=1S/C21H29BrO3/c1-12(23)25-19-18(22)11-17-15-5-4-13-10-14(24)6-8-20(13,2)16(15)7-9-21(17,19)3/h4,6,8,14-19,24H,5,7,9-11H2,1-3H3/t14?,15-,16-,17+,18?,19?,20+,21+/m1/s1. The summed E-state index contributed by atoms with van der Waals surface area (Å²) in [6, 6.07) is 0. The van der Waals surface area contributed by atoms with Crippen molar-refractivity contribution in [2.75, 3.05) is 0 Å². The van der Waals surface area contributed by atoms with Gasteiger partial charge >= 0.3 is 5.97 Å². The topological polar surface area (TPSA) is 46.5 Å². The molecule has 4 aliphatic carbocycles. The molecule has 0 saturated heterocycles. The van der Waals surface area contributed by atoms with Crippen molar-refractivity contribution in [1.29, 1.82) is 0 Å². The molecule has 2 saturated carbocycles. The molecule has 0 radical (unpaired) electrons. The molecule has 0 heterocycles. The van der Waals surface area contributed by atoms with Crippen LogP contribution >= 0.6 is 15.9 Å². The molecule has 0 amide bonds. The first kappa shape index (κ1) is 17.8. The molecule has 4 aliphatic rings. The van der Waals surface area contributed by atoms with Crippen LogP contribution in [0.1, 0.15) is 52.9 Å². The second-order valence-corrected chi connectivity index (χ2v) is 10.3. The summed E-state index contributed by atoms with van der Waals surface area (Å²) in [5.74, 6) is 1.67. The Hall–Kier alpha value is -0.610. The van der Waals surface area contributed by atoms with E-state index in [1.807, 2.05) is 6.08 Å². The highest BCUT2D eigenvalue weighted by atomic mass is 79.9. The Labute approximate surface area is 159 Å². The minimum absolute atomic E-state index is 0.0159. The molecule has 0 aromatic heterocycles. The van der Waals surface area contributed by atoms with Crippen molar-refractivity contribution in [2.24, 2.45) is 28.6 Å². The Bertz CT molecular complexity index is 641. The van der Waals surface area contributed by atoms with E-state index in [0.717, 1.165) is 25.7 Å². The van der Waals surface area contributed by atoms with E-state index in [-0.39, 0.29) is 33.8 Å². The molecule has 0 aromatic carbocycles. The van der Waals surface area contributed by atoms with Crippen molar-refractivity contribution in [3.05, 3.63) is 23.8 Å². The van der Waals surface area contributed by atoms with Crippen molar-refractivity contribution >= 4 is 21.9 Å². The van der Waals surface area contributed by atoms with Crippen LogP contribution in [0, 0.1) is 28.6 Å². The molecular weight excluding hydrogens is 380 g/mol. The molecular formula is C21H29BrO3. The van der Waals surface area contributed by atoms with E-state index in [1.165, 1.54) is 18.9 Å². The maximum atomic E-state index is 11.6. The van der Waals surface area contributed by atoms with Gasteiger partial charge in [0, 0.05) is 17.8 Å². The van der Waals surface area contributed by atoms with Gasteiger partial charge in [0.05, 0.1) is 10.9 Å². The number of esters is 1. The summed E-state index contributed by atoms with van der Waals surface area (Å²) in [4.78, 5) is 11.9. The average Bonchev–Trinajstić information content (AvgIpc) is 2.79. The number of hydrogen-bond donors (Lipinski definition) is 1. The van der Waals surface area contributed by atoms with Crippen molar-refractivity contribution in [3.63, 3.8) is 0 Å². The SMILES string of the molecule is CC(=O)OC1C(Br)C[C@H]2[C@@H]3CC=C4CC(O)C=C[C@]4(C)[C@@H]3CC[C@]12C. The molecule has 8 atom stereocenters. The van der Waals surface area contributed by atoms with Gasteiger partial charge in [-0.25, -0.2) is 0 Å². The van der Waals surface area contributed by atoms with E-state index in [1.54, 1.807) is 0 Å². The monoisotopic (exact) mass is 408 g/mol. The summed E-state index contributed by atoms with van der Waals surface area (Å²) in [6.07, 6.45) is 11.6. The fourth-order valence-corrected chi connectivity index (χ4v) is 7.66. The summed E-state index contributed by atoms with van der Waals surface area (Å²) in [5, 5.41) is 10.0. The largest absolute Gasteiger partial charge is 0.461 e. The van der Waals surface area contributed by atoms with Crippen LogP contribution in [0.2, 0.25) is 0 Å². The zero-order chi connectivity index (χ0) is 18.0. The first-order chi connectivity index (χ1) is 11.8. The van der Waals surface area contributed by atoms with Crippen LogP contribution in [0.25, 0.3) is 0 Å². The van der Waals surface area contributed by atoms with Gasteiger partial charge in [0.25, 0.3) is 0 Å². The number of carbonyl (C=O) groups is 1. The lowest BCUT2D eigenvalue weighted by Crippen LogP contribution is -2.50. The zero-order valence-corrected chi connectivity index (χ0v) is 17.0. The van der Waals surface area contributed by atoms with Gasteiger partial charge in [0.1, 0.15) is 6.10 Å². The highest BCUT2D eigenvalue weighted by Gasteiger charge is 2.61. The Balaban J connectivity index is 1.66. The van der Waals surface area contributed by atoms with Crippen molar-refractivity contribution < 1.29 is 14.6 Å². The van der Waals surface area contributed by atoms with Crippen LogP contribution in [0.4, 0.5) is 0 Å². The zero-order valence-electron chi connectivity index (χ0n) is 15.4. The third-order valence-electron chi connectivity index (χ3n) is 7.82. The molecule has 25 heavy (non-hydrogen) atoms. The summed E-state index contributed by atoms with van der Waals surface area (Å²) >= 11 is 3.83. The van der Waals surface area contributed by atoms with E-state index >= 15 is 0 Å². The molecule has 0 bridgehead atoms. The summed E-state index contributed by atoms with van der Waals surface area (Å²) in [6.45, 7) is 6.23. The number of halogens is 1. The first-order valence-corrected chi connectivity index (χ1v) is 10.6. The Kier molecular flexibility index (Phi) is 4.23. The fraction of sp³-hybridized carbons (Fsp3) is 0.762. The third kappa shape index (κ3) is 2.58. The lowest BCUT2D eigenvalue weighted by molar-refractivity contribution is -0.155. The minimum Gasteiger partial charge on any atom is -0.461 e. The highest BCUT2D eigenvalue weighted by molar-refractivity contribution is 9.09. The predicted octanol–water partition coefficient (Wildman–Crippen LogP) is 4.39. The molecule has 0 spiro atoms. The lowest BCUT2D eigenvalue weighted by atomic mass is 9.49. The van der Waals surface area contributed by atoms with Gasteiger partial charge in [-0.15, -0.1) is 0 Å². The van der Waals surface area contributed by atoms with Crippen LogP contribution in [0.15, 0.2) is 23.8 Å². The maximum absolute atomic E-state index is 11.6. The molecule has 3 unspecified atom stereocenters. The Morgan fingerprint density at radius 1 is 1.36 bits per heavy atom. The molecule has 0 aromatic rings. The third-order valence-corrected chi connectivity index (χ3v) is 8.67. The number of ether oxygens (including phenoxy) is 1. The van der Waals surface area contributed by atoms with Gasteiger partial charge in [-0.05, 0) is 49.9 Å². The van der Waals surface area contributed by atoms with Crippen LogP contribution in [-0.4, -0.2) is 28.1 Å². The van der Waals surface area contributed by atoms with E-state index in [2.05, 4.69) is 41.9 Å². The quantitative estimate of drug-likeness (QED) is 0.397. The molecule has 2 fully saturated rings.